The van der Waals surface area contributed by atoms with Gasteiger partial charge in [-0.3, -0.25) is 15.0 Å². The molecule has 5 heterocycles. The van der Waals surface area contributed by atoms with E-state index in [1.807, 2.05) is 30.7 Å². The fourth-order valence-corrected chi connectivity index (χ4v) is 15.5. The summed E-state index contributed by atoms with van der Waals surface area (Å²) in [6.45, 7) is 2.09. The van der Waals surface area contributed by atoms with Crippen LogP contribution in [-0.2, 0) is 25.7 Å². The van der Waals surface area contributed by atoms with Crippen molar-refractivity contribution in [2.24, 2.45) is 0 Å². The van der Waals surface area contributed by atoms with Crippen molar-refractivity contribution in [2.45, 2.75) is 32.6 Å². The van der Waals surface area contributed by atoms with Gasteiger partial charge in [-0.05, 0) is 212 Å². The summed E-state index contributed by atoms with van der Waals surface area (Å²) in [6, 6.07) is 127. The molecule has 103 heavy (non-hydrogen) atoms. The third kappa shape index (κ3) is 12.2. The van der Waals surface area contributed by atoms with Gasteiger partial charge in [0.25, 0.3) is 0 Å². The molecule has 0 atom stereocenters. The minimum absolute atomic E-state index is 0.787. The first-order chi connectivity index (χ1) is 51.0. The lowest BCUT2D eigenvalue weighted by molar-refractivity contribution is 0.918. The normalized spacial score (nSPS) is 11.5. The average Bonchev–Trinajstić information content (AvgIpc) is 1.61. The van der Waals surface area contributed by atoms with Gasteiger partial charge in [-0.25, -0.2) is 0 Å². The number of hydrogen-bond acceptors (Lipinski definition) is 3. The summed E-state index contributed by atoms with van der Waals surface area (Å²) in [5.41, 5.74) is 33.4. The van der Waals surface area contributed by atoms with Gasteiger partial charge in [0.15, 0.2) is 0 Å². The number of benzene rings is 13. The molecule has 5 nitrogen and oxygen atoms in total. The Morgan fingerprint density at radius 1 is 0.233 bits per heavy atom. The van der Waals surface area contributed by atoms with E-state index in [2.05, 4.69) is 350 Å². The van der Waals surface area contributed by atoms with Gasteiger partial charge in [-0.15, -0.1) is 0 Å². The van der Waals surface area contributed by atoms with E-state index in [1.54, 1.807) is 0 Å². The van der Waals surface area contributed by atoms with Crippen molar-refractivity contribution < 1.29 is 0 Å². The Bertz CT molecular complexity index is 5870. The van der Waals surface area contributed by atoms with Crippen molar-refractivity contribution in [2.75, 3.05) is 0 Å². The van der Waals surface area contributed by atoms with Gasteiger partial charge in [0.05, 0.1) is 50.5 Å². The zero-order chi connectivity index (χ0) is 68.6. The number of hydrogen-bond donors (Lipinski definition) is 0. The molecule has 0 amide bonds. The molecule has 5 aromatic heterocycles. The molecule has 488 valence electrons. The van der Waals surface area contributed by atoms with Crippen LogP contribution in [0.1, 0.15) is 27.8 Å². The highest BCUT2D eigenvalue weighted by Gasteiger charge is 2.22. The third-order valence-corrected chi connectivity index (χ3v) is 20.6. The van der Waals surface area contributed by atoms with E-state index in [-0.39, 0.29) is 0 Å². The fourth-order valence-electron chi connectivity index (χ4n) is 15.5. The largest absolute Gasteiger partial charge is 0.309 e. The number of nitrogens with zero attached hydrogens (tertiary/aromatic N) is 5. The Labute approximate surface area is 600 Å². The van der Waals surface area contributed by atoms with Crippen molar-refractivity contribution in [3.63, 3.8) is 0 Å². The molecule has 0 aliphatic rings. The minimum Gasteiger partial charge on any atom is -0.309 e. The van der Waals surface area contributed by atoms with Gasteiger partial charge >= 0.3 is 0 Å². The summed E-state index contributed by atoms with van der Waals surface area (Å²) in [4.78, 5) is 14.8. The van der Waals surface area contributed by atoms with E-state index < -0.39 is 0 Å². The third-order valence-electron chi connectivity index (χ3n) is 20.6. The van der Waals surface area contributed by atoms with Crippen LogP contribution in [0.5, 0.6) is 0 Å². The quantitative estimate of drug-likeness (QED) is 0.0913. The molecule has 0 aliphatic carbocycles. The molecule has 0 bridgehead atoms. The predicted octanol–water partition coefficient (Wildman–Crippen LogP) is 24.9. The summed E-state index contributed by atoms with van der Waals surface area (Å²) in [7, 11) is 0. The first kappa shape index (κ1) is 62.2. The first-order valence-electron chi connectivity index (χ1n) is 35.7. The number of aromatic nitrogens is 5. The lowest BCUT2D eigenvalue weighted by atomic mass is 9.86. The Hall–Kier alpha value is -13.1. The van der Waals surface area contributed by atoms with Crippen LogP contribution in [0.4, 0.5) is 0 Å². The number of fused-ring (bicyclic) bond motifs is 6. The topological polar surface area (TPSA) is 48.5 Å². The Balaban J connectivity index is 0.788. The maximum absolute atomic E-state index is 4.95. The van der Waals surface area contributed by atoms with Crippen molar-refractivity contribution in [3.05, 3.63) is 392 Å². The zero-order valence-corrected chi connectivity index (χ0v) is 57.2. The molecule has 0 saturated heterocycles. The zero-order valence-electron chi connectivity index (χ0n) is 57.2. The summed E-state index contributed by atoms with van der Waals surface area (Å²) in [5, 5.41) is 4.89. The second-order valence-electron chi connectivity index (χ2n) is 27.0. The average molecular weight is 1320 g/mol. The summed E-state index contributed by atoms with van der Waals surface area (Å²) >= 11 is 0. The number of para-hydroxylation sites is 2. The molecule has 0 N–H and O–H groups in total. The van der Waals surface area contributed by atoms with E-state index in [4.69, 9.17) is 15.0 Å². The first-order valence-corrected chi connectivity index (χ1v) is 35.7. The lowest BCUT2D eigenvalue weighted by Crippen LogP contribution is -2.04. The predicted molar refractivity (Wildman–Crippen MR) is 430 cm³/mol. The van der Waals surface area contributed by atoms with E-state index in [9.17, 15) is 0 Å². The standard InChI is InChI=1S/C98H71N5/c1-66-35-52-92(101-65-66)78-48-51-84(87(62-78)73-42-40-72(41-43-73)69-21-5-2-6-22-69)83-28-12-11-27-82(83)81-58-67(36-38-74-44-46-79(90-31-17-19-55-99-90)63-97(74)102-93-33-15-13-29-85(93)88-60-76(49-53-95(88)102)70-23-7-3-8-24-70)57-68(59-81)37-39-75-45-47-80(91-32-18-20-56-100-91)64-98(75)103-94-34-16-14-30-86(94)89-61-77(50-54-96(89)103)71-25-9-4-10-26-71/h2-35,40-65H,36-39H2,1H3. The van der Waals surface area contributed by atoms with Crippen molar-refractivity contribution in [1.82, 2.24) is 24.1 Å². The SMILES string of the molecule is Cc1ccc(-c2ccc(-c3ccccc3-c3cc(CCc4ccc(-c5ccccn5)cc4-n4c5ccccc5c5cc(-c6ccccc6)ccc54)cc(CCc4ccc(-c5ccccn5)cc4-n4c5ccccc5c5cc(-c6ccccc6)ccc54)c3)c(-c3ccc(-c4ccccc4)cc3)c2)nc1. The van der Waals surface area contributed by atoms with Crippen LogP contribution >= 0.6 is 0 Å². The molecule has 13 aromatic carbocycles. The molecule has 0 fully saturated rings. The van der Waals surface area contributed by atoms with Gasteiger partial charge in [0.1, 0.15) is 0 Å². The van der Waals surface area contributed by atoms with Crippen LogP contribution in [0.3, 0.4) is 0 Å². The number of rotatable bonds is 17. The highest BCUT2D eigenvalue weighted by Crippen LogP contribution is 2.44. The Morgan fingerprint density at radius 2 is 0.641 bits per heavy atom. The summed E-state index contributed by atoms with van der Waals surface area (Å²) in [5.74, 6) is 0. The molecule has 0 spiro atoms. The van der Waals surface area contributed by atoms with E-state index in [0.717, 1.165) is 93.1 Å². The molecule has 0 aliphatic heterocycles. The van der Waals surface area contributed by atoms with Crippen LogP contribution in [0.25, 0.3) is 156 Å². The Morgan fingerprint density at radius 3 is 1.16 bits per heavy atom. The molecule has 0 saturated carbocycles. The molecule has 0 radical (unpaired) electrons. The molecular formula is C98H71N5. The van der Waals surface area contributed by atoms with Gasteiger partial charge in [0.2, 0.25) is 0 Å². The summed E-state index contributed by atoms with van der Waals surface area (Å²) in [6.07, 6.45) is 8.91. The highest BCUT2D eigenvalue weighted by atomic mass is 15.0. The van der Waals surface area contributed by atoms with Crippen LogP contribution in [0.2, 0.25) is 0 Å². The molecule has 0 unspecified atom stereocenters. The van der Waals surface area contributed by atoms with Gasteiger partial charge < -0.3 is 9.13 Å². The molecular weight excluding hydrogens is 1250 g/mol. The van der Waals surface area contributed by atoms with Crippen LogP contribution in [0.15, 0.2) is 364 Å². The van der Waals surface area contributed by atoms with Crippen LogP contribution in [0, 0.1) is 6.92 Å². The van der Waals surface area contributed by atoms with Gasteiger partial charge in [-0.1, -0.05) is 261 Å². The maximum atomic E-state index is 4.95. The lowest BCUT2D eigenvalue weighted by Gasteiger charge is -2.19. The van der Waals surface area contributed by atoms with Crippen molar-refractivity contribution in [1.29, 1.82) is 0 Å². The van der Waals surface area contributed by atoms with E-state index >= 15 is 0 Å². The summed E-state index contributed by atoms with van der Waals surface area (Å²) < 4.78 is 5.00. The van der Waals surface area contributed by atoms with Gasteiger partial charge in [-0.2, -0.15) is 0 Å². The van der Waals surface area contributed by atoms with Crippen LogP contribution < -0.4 is 0 Å². The van der Waals surface area contributed by atoms with Crippen molar-refractivity contribution in [3.8, 4) is 112 Å². The smallest absolute Gasteiger partial charge is 0.0702 e. The van der Waals surface area contributed by atoms with Crippen molar-refractivity contribution >= 4 is 43.6 Å². The fraction of sp³-hybridized carbons (Fsp3) is 0.0510. The number of aryl methyl sites for hydroxylation is 5. The Kier molecular flexibility index (Phi) is 16.4. The second-order valence-corrected chi connectivity index (χ2v) is 27.0. The number of pyridine rings is 3. The maximum Gasteiger partial charge on any atom is 0.0702 e. The van der Waals surface area contributed by atoms with Crippen LogP contribution in [-0.4, -0.2) is 24.1 Å². The minimum atomic E-state index is 0.787. The molecule has 5 heteroatoms. The van der Waals surface area contributed by atoms with E-state index in [1.165, 1.54) is 116 Å². The molecule has 18 aromatic rings. The second kappa shape index (κ2) is 27.2. The van der Waals surface area contributed by atoms with E-state index in [0.29, 0.717) is 0 Å². The monoisotopic (exact) mass is 1320 g/mol. The highest BCUT2D eigenvalue weighted by molar-refractivity contribution is 6.12. The molecule has 18 rings (SSSR count). The van der Waals surface area contributed by atoms with Gasteiger partial charge in [0, 0.05) is 56.8 Å².